The van der Waals surface area contributed by atoms with Gasteiger partial charge in [0.2, 0.25) is 0 Å². The number of aliphatic imine (C=N–C) groups is 1. The predicted molar refractivity (Wildman–Crippen MR) is 122 cm³/mol. The summed E-state index contributed by atoms with van der Waals surface area (Å²) in [7, 11) is 1.34. The highest BCUT2D eigenvalue weighted by Gasteiger charge is 2.32. The molecule has 0 N–H and O–H groups in total. The van der Waals surface area contributed by atoms with Crippen LogP contribution in [0.3, 0.4) is 0 Å². The number of amides is 1. The average Bonchev–Trinajstić information content (AvgIpc) is 3.10. The van der Waals surface area contributed by atoms with Crippen LogP contribution in [0, 0.1) is 13.8 Å². The Balaban J connectivity index is 1.75. The van der Waals surface area contributed by atoms with Crippen molar-refractivity contribution in [2.24, 2.45) is 4.99 Å². The molecular formula is C26H22N2O3. The van der Waals surface area contributed by atoms with Gasteiger partial charge < -0.3 is 4.74 Å². The van der Waals surface area contributed by atoms with E-state index in [0.29, 0.717) is 17.1 Å². The van der Waals surface area contributed by atoms with Crippen molar-refractivity contribution in [1.82, 2.24) is 0 Å². The summed E-state index contributed by atoms with van der Waals surface area (Å²) in [4.78, 5) is 31.3. The van der Waals surface area contributed by atoms with Gasteiger partial charge in [-0.2, -0.15) is 0 Å². The molecule has 0 saturated heterocycles. The molecule has 1 aliphatic rings. The second-order valence-corrected chi connectivity index (χ2v) is 7.42. The van der Waals surface area contributed by atoms with Gasteiger partial charge in [-0.3, -0.25) is 9.69 Å². The van der Waals surface area contributed by atoms with Gasteiger partial charge in [0.05, 0.1) is 18.4 Å². The van der Waals surface area contributed by atoms with Crippen LogP contribution < -0.4 is 4.90 Å². The fraction of sp³-hybridized carbons (Fsp3) is 0.115. The van der Waals surface area contributed by atoms with Crippen molar-refractivity contribution >= 4 is 29.5 Å². The quantitative estimate of drug-likeness (QED) is 0.453. The van der Waals surface area contributed by atoms with Gasteiger partial charge in [0.1, 0.15) is 11.5 Å². The lowest BCUT2D eigenvalue weighted by molar-refractivity contribution is -0.113. The molecule has 3 aromatic rings. The Morgan fingerprint density at radius 2 is 1.45 bits per heavy atom. The molecule has 0 aromatic heterocycles. The molecule has 0 spiro atoms. The number of aryl methyl sites for hydroxylation is 2. The number of amidine groups is 1. The van der Waals surface area contributed by atoms with Crippen molar-refractivity contribution in [3.63, 3.8) is 0 Å². The summed E-state index contributed by atoms with van der Waals surface area (Å²) in [5.41, 5.74) is 5.44. The molecule has 4 rings (SSSR count). The van der Waals surface area contributed by atoms with E-state index >= 15 is 0 Å². The first-order valence-corrected chi connectivity index (χ1v) is 9.93. The Hall–Kier alpha value is -3.99. The van der Waals surface area contributed by atoms with Crippen LogP contribution in [0.2, 0.25) is 0 Å². The van der Waals surface area contributed by atoms with Crippen LogP contribution in [0.1, 0.15) is 32.6 Å². The van der Waals surface area contributed by atoms with Gasteiger partial charge in [0.25, 0.3) is 5.91 Å². The molecular weight excluding hydrogens is 388 g/mol. The van der Waals surface area contributed by atoms with Crippen LogP contribution in [0.15, 0.2) is 83.5 Å². The van der Waals surface area contributed by atoms with E-state index in [9.17, 15) is 9.59 Å². The van der Waals surface area contributed by atoms with E-state index < -0.39 is 5.97 Å². The zero-order chi connectivity index (χ0) is 22.0. The predicted octanol–water partition coefficient (Wildman–Crippen LogP) is 4.92. The average molecular weight is 410 g/mol. The molecule has 0 bridgehead atoms. The molecule has 0 saturated carbocycles. The molecule has 5 nitrogen and oxygen atoms in total. The summed E-state index contributed by atoms with van der Waals surface area (Å²) in [6.07, 6.45) is 1.73. The lowest BCUT2D eigenvalue weighted by Gasteiger charge is -2.19. The normalized spacial score (nSPS) is 14.7. The van der Waals surface area contributed by atoms with E-state index in [1.54, 1.807) is 35.2 Å². The lowest BCUT2D eigenvalue weighted by Crippen LogP contribution is -2.32. The first kappa shape index (κ1) is 20.3. The van der Waals surface area contributed by atoms with E-state index in [1.165, 1.54) is 7.11 Å². The summed E-state index contributed by atoms with van der Waals surface area (Å²) >= 11 is 0. The van der Waals surface area contributed by atoms with Crippen LogP contribution >= 0.6 is 0 Å². The molecule has 31 heavy (non-hydrogen) atoms. The van der Waals surface area contributed by atoms with E-state index in [0.717, 1.165) is 27.9 Å². The van der Waals surface area contributed by atoms with Crippen LogP contribution in [0.4, 0.5) is 5.69 Å². The summed E-state index contributed by atoms with van der Waals surface area (Å²) in [5.74, 6) is -0.0101. The van der Waals surface area contributed by atoms with Crippen LogP contribution in [0.25, 0.3) is 6.08 Å². The van der Waals surface area contributed by atoms with Crippen molar-refractivity contribution in [1.29, 1.82) is 0 Å². The van der Waals surface area contributed by atoms with Gasteiger partial charge in [-0.25, -0.2) is 9.79 Å². The van der Waals surface area contributed by atoms with Crippen molar-refractivity contribution in [2.45, 2.75) is 13.8 Å². The molecule has 154 valence electrons. The first-order chi connectivity index (χ1) is 15.0. The third-order valence-corrected chi connectivity index (χ3v) is 5.10. The summed E-state index contributed by atoms with van der Waals surface area (Å²) < 4.78 is 4.73. The number of rotatable bonds is 4. The number of methoxy groups -OCH3 is 1. The molecule has 1 amide bonds. The number of carbonyl (C=O) groups excluding carboxylic acids is 2. The van der Waals surface area contributed by atoms with Crippen molar-refractivity contribution in [2.75, 3.05) is 12.0 Å². The highest BCUT2D eigenvalue weighted by molar-refractivity contribution is 6.33. The molecule has 0 unspecified atom stereocenters. The maximum atomic E-state index is 13.3. The Morgan fingerprint density at radius 3 is 2.03 bits per heavy atom. The molecule has 1 heterocycles. The number of anilines is 1. The molecule has 5 heteroatoms. The molecule has 0 radical (unpaired) electrons. The minimum Gasteiger partial charge on any atom is -0.465 e. The van der Waals surface area contributed by atoms with Crippen molar-refractivity contribution in [3.05, 3.63) is 106 Å². The van der Waals surface area contributed by atoms with E-state index in [-0.39, 0.29) is 5.91 Å². The number of ether oxygens (including phenoxy) is 1. The standard InChI is InChI=1S/C26H22N2O3/c1-17-4-10-20(11-5-17)24-27-23(16-19-8-12-21(13-9-19)26(30)31-3)25(29)28(24)22-14-6-18(2)7-15-22/h4-16H,1-3H3/b23-16+. The van der Waals surface area contributed by atoms with Gasteiger partial charge in [0, 0.05) is 5.56 Å². The Bertz CT molecular complexity index is 1190. The van der Waals surface area contributed by atoms with Crippen LogP contribution in [-0.4, -0.2) is 24.8 Å². The second kappa shape index (κ2) is 8.40. The fourth-order valence-corrected chi connectivity index (χ4v) is 3.34. The van der Waals surface area contributed by atoms with E-state index in [1.807, 2.05) is 62.4 Å². The number of hydrogen-bond donors (Lipinski definition) is 0. The Morgan fingerprint density at radius 1 is 0.871 bits per heavy atom. The maximum Gasteiger partial charge on any atom is 0.337 e. The summed E-state index contributed by atoms with van der Waals surface area (Å²) in [6, 6.07) is 22.6. The van der Waals surface area contributed by atoms with Gasteiger partial charge in [0.15, 0.2) is 0 Å². The van der Waals surface area contributed by atoms with Gasteiger partial charge in [-0.1, -0.05) is 59.7 Å². The highest BCUT2D eigenvalue weighted by atomic mass is 16.5. The zero-order valence-electron chi connectivity index (χ0n) is 17.6. The molecule has 0 aliphatic carbocycles. The number of hydrogen-bond acceptors (Lipinski definition) is 4. The summed E-state index contributed by atoms with van der Waals surface area (Å²) in [5, 5.41) is 0. The second-order valence-electron chi connectivity index (χ2n) is 7.42. The van der Waals surface area contributed by atoms with Crippen LogP contribution in [0.5, 0.6) is 0 Å². The first-order valence-electron chi connectivity index (χ1n) is 9.93. The van der Waals surface area contributed by atoms with E-state index in [2.05, 4.69) is 4.99 Å². The Kier molecular flexibility index (Phi) is 5.50. The SMILES string of the molecule is COC(=O)c1ccc(/C=C2/N=C(c3ccc(C)cc3)N(c3ccc(C)cc3)C2=O)cc1. The number of nitrogens with zero attached hydrogens (tertiary/aromatic N) is 2. The maximum absolute atomic E-state index is 13.3. The van der Waals surface area contributed by atoms with Crippen LogP contribution in [-0.2, 0) is 9.53 Å². The Labute approximate surface area is 181 Å². The van der Waals surface area contributed by atoms with Gasteiger partial charge in [-0.05, 0) is 49.8 Å². The zero-order valence-corrected chi connectivity index (χ0v) is 17.6. The minimum atomic E-state index is -0.402. The third kappa shape index (κ3) is 4.16. The lowest BCUT2D eigenvalue weighted by atomic mass is 10.1. The monoisotopic (exact) mass is 410 g/mol. The minimum absolute atomic E-state index is 0.198. The molecule has 0 fully saturated rings. The summed E-state index contributed by atoms with van der Waals surface area (Å²) in [6.45, 7) is 4.03. The van der Waals surface area contributed by atoms with E-state index in [4.69, 9.17) is 4.74 Å². The molecule has 0 atom stereocenters. The largest absolute Gasteiger partial charge is 0.465 e. The fourth-order valence-electron chi connectivity index (χ4n) is 3.34. The molecule has 1 aliphatic heterocycles. The number of carbonyl (C=O) groups is 2. The van der Waals surface area contributed by atoms with Crippen molar-refractivity contribution in [3.8, 4) is 0 Å². The topological polar surface area (TPSA) is 59.0 Å². The number of esters is 1. The number of benzene rings is 3. The van der Waals surface area contributed by atoms with Gasteiger partial charge in [-0.15, -0.1) is 0 Å². The smallest absolute Gasteiger partial charge is 0.337 e. The van der Waals surface area contributed by atoms with Gasteiger partial charge >= 0.3 is 5.97 Å². The third-order valence-electron chi connectivity index (χ3n) is 5.10. The highest BCUT2D eigenvalue weighted by Crippen LogP contribution is 2.28. The molecule has 3 aromatic carbocycles. The van der Waals surface area contributed by atoms with Crippen molar-refractivity contribution < 1.29 is 14.3 Å².